The Kier molecular flexibility index (Phi) is 66.9. The van der Waals surface area contributed by atoms with Gasteiger partial charge in [-0.25, -0.2) is 9.13 Å². The summed E-state index contributed by atoms with van der Waals surface area (Å²) >= 11 is 0. The van der Waals surface area contributed by atoms with Crippen LogP contribution in [0, 0.1) is 0 Å². The first kappa shape index (κ1) is 91.0. The van der Waals surface area contributed by atoms with Gasteiger partial charge in [0.1, 0.15) is 25.4 Å². The fourth-order valence-corrected chi connectivity index (χ4v) is 11.1. The first-order chi connectivity index (χ1) is 46.2. The van der Waals surface area contributed by atoms with Crippen LogP contribution in [0.4, 0.5) is 0 Å². The number of carbonyl (C=O) groups excluding carboxylic acids is 3. The number of carbonyl (C=O) groups is 3. The van der Waals surface area contributed by atoms with E-state index in [9.17, 15) is 43.5 Å². The Morgan fingerprint density at radius 2 is 0.568 bits per heavy atom. The molecule has 16 nitrogen and oxygen atoms in total. The van der Waals surface area contributed by atoms with Crippen LogP contribution in [0.15, 0.2) is 122 Å². The van der Waals surface area contributed by atoms with Crippen molar-refractivity contribution in [2.24, 2.45) is 0 Å². The van der Waals surface area contributed by atoms with E-state index in [0.29, 0.717) is 25.7 Å². The minimum absolute atomic E-state index is 0.0804. The minimum Gasteiger partial charge on any atom is -0.463 e. The Bertz CT molecular complexity index is 2210. The highest BCUT2D eigenvalue weighted by molar-refractivity contribution is 7.47. The third-order valence-corrected chi connectivity index (χ3v) is 17.0. The van der Waals surface area contributed by atoms with Gasteiger partial charge in [-0.15, -0.1) is 0 Å². The topological polar surface area (TPSA) is 231 Å². The summed E-state index contributed by atoms with van der Waals surface area (Å²) in [7, 11) is -9.80. The lowest BCUT2D eigenvalue weighted by molar-refractivity contribution is -0.161. The first-order valence-corrected chi connectivity index (χ1v) is 39.8. The van der Waals surface area contributed by atoms with Crippen LogP contribution in [0.2, 0.25) is 0 Å². The van der Waals surface area contributed by atoms with Crippen LogP contribution in [0.5, 0.6) is 0 Å². The molecule has 18 heteroatoms. The average molecular weight is 1380 g/mol. The average Bonchev–Trinajstić information content (AvgIpc) is 2.44. The molecule has 0 aromatic heterocycles. The fraction of sp³-hybridized carbons (Fsp3) is 0.701. The van der Waals surface area contributed by atoms with E-state index in [2.05, 4.69) is 130 Å². The van der Waals surface area contributed by atoms with E-state index in [1.807, 2.05) is 12.2 Å². The molecule has 0 aliphatic heterocycles. The monoisotopic (exact) mass is 1370 g/mol. The second-order valence-electron chi connectivity index (χ2n) is 24.4. The summed E-state index contributed by atoms with van der Waals surface area (Å²) in [5.41, 5.74) is 0. The van der Waals surface area contributed by atoms with Crippen LogP contribution < -0.4 is 0 Å². The summed E-state index contributed by atoms with van der Waals surface area (Å²) in [6.45, 7) is 2.45. The Morgan fingerprint density at radius 1 is 0.305 bits per heavy atom. The SMILES string of the molecule is CC/C=C\C/C=C\C/C=C\C/C=C\C/C=C\CCCC(=O)OCC(COP(=O)(O)OCC(O)COP(=O)(O)OCC(O)COC(=O)CCCCCCCCCCCCC/C=C\C/C=C\C/C=C\C/C=C\CCCCC)OC(=O)CCCCCCC/C=C\CCCCCCCC. The van der Waals surface area contributed by atoms with E-state index in [1.165, 1.54) is 109 Å². The third-order valence-electron chi connectivity index (χ3n) is 15.1. The van der Waals surface area contributed by atoms with Crippen LogP contribution in [-0.4, -0.2) is 95.9 Å². The van der Waals surface area contributed by atoms with Gasteiger partial charge in [0.05, 0.1) is 26.4 Å². The molecule has 0 radical (unpaired) electrons. The van der Waals surface area contributed by atoms with Crippen LogP contribution in [0.3, 0.4) is 0 Å². The molecule has 5 unspecified atom stereocenters. The molecule has 0 aliphatic carbocycles. The van der Waals surface area contributed by atoms with Crippen molar-refractivity contribution in [3.8, 4) is 0 Å². The number of ether oxygens (including phenoxy) is 3. The number of esters is 3. The van der Waals surface area contributed by atoms with Gasteiger partial charge < -0.3 is 34.2 Å². The highest BCUT2D eigenvalue weighted by Crippen LogP contribution is 2.45. The molecule has 0 bridgehead atoms. The molecule has 5 atom stereocenters. The van der Waals surface area contributed by atoms with E-state index in [4.69, 9.17) is 32.3 Å². The number of rotatable bonds is 69. The van der Waals surface area contributed by atoms with E-state index in [1.54, 1.807) is 0 Å². The Hall–Kier alpha value is -4.05. The Labute approximate surface area is 576 Å². The lowest BCUT2D eigenvalue weighted by atomic mass is 10.0. The van der Waals surface area contributed by atoms with Crippen molar-refractivity contribution in [2.45, 2.75) is 309 Å². The molecule has 0 spiro atoms. The standard InChI is InChI=1S/C77H132O16P2/c1-4-7-10-13-16-19-22-25-28-30-31-32-33-34-35-36-37-38-39-41-44-45-48-51-54-57-60-63-75(80)87-66-72(78)67-89-94(83,84)90-68-73(79)69-91-95(85,86)92-71-74(93-77(82)65-62-59-56-53-50-47-42-27-24-21-18-15-12-9-6-3)70-88-76(81)64-61-58-55-52-49-46-43-40-29-26-23-20-17-14-11-8-5-2/h8,11,16-17,19-20,25-29,31-32,34-35,42-43,46,52,55,72-74,78-79H,4-7,9-10,12-15,18,21-24,30,33,36-41,44-45,47-51,53-54,56-71H2,1-3H3,(H,83,84)(H,85,86)/b11-8-,19-16-,20-17-,28-25-,29-26-,32-31-,35-34-,42-27-,46-43-,55-52-. The third kappa shape index (κ3) is 71.1. The number of hydrogen-bond donors (Lipinski definition) is 4. The predicted molar refractivity (Wildman–Crippen MR) is 390 cm³/mol. The van der Waals surface area contributed by atoms with E-state index >= 15 is 0 Å². The van der Waals surface area contributed by atoms with Gasteiger partial charge >= 0.3 is 33.6 Å². The lowest BCUT2D eigenvalue weighted by Gasteiger charge is -2.21. The van der Waals surface area contributed by atoms with E-state index < -0.39 is 91.5 Å². The molecule has 0 saturated heterocycles. The first-order valence-electron chi connectivity index (χ1n) is 36.8. The number of allylic oxidation sites excluding steroid dienone is 20. The van der Waals surface area contributed by atoms with Crippen molar-refractivity contribution in [3.05, 3.63) is 122 Å². The van der Waals surface area contributed by atoms with E-state index in [-0.39, 0.29) is 19.3 Å². The summed E-state index contributed by atoms with van der Waals surface area (Å²) in [4.78, 5) is 58.4. The summed E-state index contributed by atoms with van der Waals surface area (Å²) in [5, 5.41) is 20.6. The lowest BCUT2D eigenvalue weighted by Crippen LogP contribution is -2.30. The molecule has 0 aromatic rings. The van der Waals surface area contributed by atoms with Crippen molar-refractivity contribution in [2.75, 3.05) is 39.6 Å². The molecule has 0 amide bonds. The molecule has 0 saturated carbocycles. The zero-order valence-corrected chi connectivity index (χ0v) is 61.1. The maximum atomic E-state index is 12.9. The molecule has 4 N–H and O–H groups in total. The molecule has 0 aromatic carbocycles. The second kappa shape index (κ2) is 69.8. The maximum Gasteiger partial charge on any atom is 0.472 e. The van der Waals surface area contributed by atoms with Gasteiger partial charge in [0.25, 0.3) is 0 Å². The second-order valence-corrected chi connectivity index (χ2v) is 27.3. The number of phosphoric acid groups is 2. The molecular formula is C77H132O16P2. The van der Waals surface area contributed by atoms with Crippen LogP contribution in [0.1, 0.15) is 290 Å². The summed E-state index contributed by atoms with van der Waals surface area (Å²) in [5.74, 6) is -1.66. The molecule has 0 aliphatic rings. The van der Waals surface area contributed by atoms with Gasteiger partial charge in [-0.1, -0.05) is 264 Å². The Morgan fingerprint density at radius 3 is 0.958 bits per heavy atom. The van der Waals surface area contributed by atoms with Crippen LogP contribution >= 0.6 is 15.6 Å². The quantitative estimate of drug-likeness (QED) is 0.0146. The van der Waals surface area contributed by atoms with E-state index in [0.717, 1.165) is 116 Å². The van der Waals surface area contributed by atoms with Gasteiger partial charge in [-0.2, -0.15) is 0 Å². The molecule has 0 heterocycles. The van der Waals surface area contributed by atoms with Crippen molar-refractivity contribution >= 4 is 33.6 Å². The van der Waals surface area contributed by atoms with Crippen molar-refractivity contribution in [1.29, 1.82) is 0 Å². The summed E-state index contributed by atoms with van der Waals surface area (Å²) in [6, 6.07) is 0. The number of hydrogen-bond acceptors (Lipinski definition) is 14. The highest BCUT2D eigenvalue weighted by atomic mass is 31.2. The molecular weight excluding hydrogens is 1240 g/mol. The summed E-state index contributed by atoms with van der Waals surface area (Å²) in [6.07, 6.45) is 81.2. The van der Waals surface area contributed by atoms with Gasteiger partial charge in [-0.3, -0.25) is 32.5 Å². The largest absolute Gasteiger partial charge is 0.472 e. The summed E-state index contributed by atoms with van der Waals surface area (Å²) < 4.78 is 60.9. The van der Waals surface area contributed by atoms with Gasteiger partial charge in [0.2, 0.25) is 0 Å². The van der Waals surface area contributed by atoms with Gasteiger partial charge in [0.15, 0.2) is 6.10 Å². The highest BCUT2D eigenvalue weighted by Gasteiger charge is 2.29. The zero-order valence-electron chi connectivity index (χ0n) is 59.3. The normalized spacial score (nSPS) is 14.8. The number of phosphoric ester groups is 2. The fourth-order valence-electron chi connectivity index (χ4n) is 9.53. The van der Waals surface area contributed by atoms with Gasteiger partial charge in [0, 0.05) is 19.3 Å². The molecule has 95 heavy (non-hydrogen) atoms. The van der Waals surface area contributed by atoms with Crippen LogP contribution in [-0.2, 0) is 55.8 Å². The molecule has 0 fully saturated rings. The molecule has 546 valence electrons. The number of aliphatic hydroxyl groups excluding tert-OH is 2. The van der Waals surface area contributed by atoms with Crippen molar-refractivity contribution in [3.63, 3.8) is 0 Å². The maximum absolute atomic E-state index is 12.9. The number of unbranched alkanes of at least 4 members (excludes halogenated alkanes) is 26. The molecule has 0 rings (SSSR count). The number of aliphatic hydroxyl groups is 2. The smallest absolute Gasteiger partial charge is 0.463 e. The minimum atomic E-state index is -4.94. The van der Waals surface area contributed by atoms with Crippen molar-refractivity contribution < 1.29 is 75.8 Å². The van der Waals surface area contributed by atoms with Crippen LogP contribution in [0.25, 0.3) is 0 Å². The Balaban J connectivity index is 4.58. The van der Waals surface area contributed by atoms with Crippen molar-refractivity contribution in [1.82, 2.24) is 0 Å². The van der Waals surface area contributed by atoms with Gasteiger partial charge in [-0.05, 0) is 128 Å². The zero-order chi connectivity index (χ0) is 69.5. The predicted octanol–water partition coefficient (Wildman–Crippen LogP) is 21.0.